The SMILES string of the molecule is CN(C)CCCN(c1cnn(C)c1)S(=O)(=O)NC(=O)Nc1c2c(cc3c1CCC3)CCC2.[H-].[Na+]. The number of rotatable bonds is 8. The Morgan fingerprint density at radius 2 is 1.76 bits per heavy atom. The minimum Gasteiger partial charge on any atom is -1.00 e. The number of aromatic nitrogens is 2. The number of carbonyl (C=O) groups excluding carboxylic acids is 1. The maximum Gasteiger partial charge on any atom is 1.00 e. The van der Waals surface area contributed by atoms with Gasteiger partial charge in [0.05, 0.1) is 11.9 Å². The van der Waals surface area contributed by atoms with Gasteiger partial charge in [0.15, 0.2) is 0 Å². The quantitative estimate of drug-likeness (QED) is 0.485. The van der Waals surface area contributed by atoms with Crippen LogP contribution in [0.3, 0.4) is 0 Å². The molecule has 0 spiro atoms. The molecule has 1 aromatic carbocycles. The predicted molar refractivity (Wildman–Crippen MR) is 126 cm³/mol. The van der Waals surface area contributed by atoms with Crippen molar-refractivity contribution in [2.24, 2.45) is 7.05 Å². The molecule has 0 saturated carbocycles. The summed E-state index contributed by atoms with van der Waals surface area (Å²) in [6.45, 7) is 0.962. The number of urea groups is 1. The molecule has 2 N–H and O–H groups in total. The van der Waals surface area contributed by atoms with Crippen LogP contribution in [0, 0.1) is 0 Å². The maximum absolute atomic E-state index is 13.2. The van der Waals surface area contributed by atoms with Crippen molar-refractivity contribution in [1.29, 1.82) is 0 Å². The van der Waals surface area contributed by atoms with Crippen LogP contribution in [0.5, 0.6) is 0 Å². The van der Waals surface area contributed by atoms with E-state index in [-0.39, 0.29) is 37.5 Å². The average molecular weight is 485 g/mol. The van der Waals surface area contributed by atoms with Crippen molar-refractivity contribution in [3.8, 4) is 0 Å². The molecule has 9 nitrogen and oxygen atoms in total. The van der Waals surface area contributed by atoms with Gasteiger partial charge in [0.25, 0.3) is 0 Å². The fraction of sp³-hybridized carbons (Fsp3) is 0.545. The molecule has 1 heterocycles. The van der Waals surface area contributed by atoms with E-state index < -0.39 is 16.2 Å². The molecule has 0 saturated heterocycles. The summed E-state index contributed by atoms with van der Waals surface area (Å²) in [5.41, 5.74) is 6.13. The second kappa shape index (κ2) is 10.8. The van der Waals surface area contributed by atoms with Crippen LogP contribution in [0.1, 0.15) is 42.9 Å². The van der Waals surface area contributed by atoms with Gasteiger partial charge in [-0.1, -0.05) is 6.07 Å². The van der Waals surface area contributed by atoms with Crippen LogP contribution in [0.25, 0.3) is 0 Å². The van der Waals surface area contributed by atoms with Gasteiger partial charge in [0.2, 0.25) is 0 Å². The molecule has 4 rings (SSSR count). The number of fused-ring (bicyclic) bond motifs is 2. The Morgan fingerprint density at radius 3 is 2.30 bits per heavy atom. The standard InChI is InChI=1S/C22H32N6O3S.Na.H/c1-26(2)11-6-12-28(18-14-23-27(3)15-18)32(30,31)25-22(29)24-21-19-9-4-7-16(19)13-17-8-5-10-20(17)21;;/h13-15H,4-12H2,1-3H3,(H2,24,25,29);;/q;+1;-1. The predicted octanol–water partition coefficient (Wildman–Crippen LogP) is -0.661. The fourth-order valence-corrected chi connectivity index (χ4v) is 5.87. The van der Waals surface area contributed by atoms with Gasteiger partial charge in [0.1, 0.15) is 0 Å². The molecule has 11 heteroatoms. The van der Waals surface area contributed by atoms with Crippen LogP contribution in [0.2, 0.25) is 0 Å². The number of hydrogen-bond acceptors (Lipinski definition) is 5. The largest absolute Gasteiger partial charge is 1.00 e. The Labute approximate surface area is 219 Å². The van der Waals surface area contributed by atoms with Crippen molar-refractivity contribution in [2.45, 2.75) is 44.9 Å². The van der Waals surface area contributed by atoms with Crippen LogP contribution in [0.4, 0.5) is 16.2 Å². The van der Waals surface area contributed by atoms with Crippen molar-refractivity contribution in [1.82, 2.24) is 19.4 Å². The zero-order valence-electron chi connectivity index (χ0n) is 21.0. The Balaban J connectivity index is 0.00000204. The first-order chi connectivity index (χ1) is 15.2. The number of carbonyl (C=O) groups is 1. The van der Waals surface area contributed by atoms with E-state index in [9.17, 15) is 13.2 Å². The first-order valence-corrected chi connectivity index (χ1v) is 12.6. The molecule has 0 aliphatic heterocycles. The zero-order valence-corrected chi connectivity index (χ0v) is 22.8. The molecule has 0 fully saturated rings. The van der Waals surface area contributed by atoms with Crippen LogP contribution < -0.4 is 43.9 Å². The fourth-order valence-electron chi connectivity index (χ4n) is 4.73. The molecule has 2 aliphatic carbocycles. The first-order valence-electron chi connectivity index (χ1n) is 11.2. The summed E-state index contributed by atoms with van der Waals surface area (Å²) in [6.07, 6.45) is 9.71. The van der Waals surface area contributed by atoms with Gasteiger partial charge in [-0.25, -0.2) is 9.52 Å². The molecule has 176 valence electrons. The molecular formula is C22H33N6NaO3S. The minimum absolute atomic E-state index is 0. The first kappa shape index (κ1) is 26.0. The summed E-state index contributed by atoms with van der Waals surface area (Å²) in [5, 5.41) is 6.99. The van der Waals surface area contributed by atoms with Gasteiger partial charge in [-0.3, -0.25) is 8.99 Å². The average Bonchev–Trinajstić information content (AvgIpc) is 3.44. The van der Waals surface area contributed by atoms with Crippen LogP contribution in [-0.2, 0) is 42.9 Å². The summed E-state index contributed by atoms with van der Waals surface area (Å²) in [6, 6.07) is 1.56. The van der Waals surface area contributed by atoms with E-state index in [1.807, 2.05) is 19.0 Å². The van der Waals surface area contributed by atoms with E-state index in [0.29, 0.717) is 12.1 Å². The number of aryl methyl sites for hydroxylation is 3. The van der Waals surface area contributed by atoms with Crippen molar-refractivity contribution in [2.75, 3.05) is 36.8 Å². The van der Waals surface area contributed by atoms with Crippen molar-refractivity contribution < 1.29 is 44.2 Å². The number of nitrogens with zero attached hydrogens (tertiary/aromatic N) is 4. The smallest absolute Gasteiger partial charge is 1.00 e. The summed E-state index contributed by atoms with van der Waals surface area (Å²) < 4.78 is 31.4. The van der Waals surface area contributed by atoms with Gasteiger partial charge >= 0.3 is 45.8 Å². The van der Waals surface area contributed by atoms with E-state index in [0.717, 1.165) is 61.9 Å². The number of hydrogen-bond donors (Lipinski definition) is 2. The third kappa shape index (κ3) is 5.92. The summed E-state index contributed by atoms with van der Waals surface area (Å²) in [4.78, 5) is 14.9. The molecule has 2 amide bonds. The normalized spacial score (nSPS) is 14.5. The van der Waals surface area contributed by atoms with Gasteiger partial charge in [0, 0.05) is 25.5 Å². The van der Waals surface area contributed by atoms with Gasteiger partial charge in [-0.05, 0) is 87.8 Å². The van der Waals surface area contributed by atoms with Gasteiger partial charge in [-0.15, -0.1) is 0 Å². The number of benzene rings is 1. The van der Waals surface area contributed by atoms with Gasteiger partial charge in [-0.2, -0.15) is 13.5 Å². The molecule has 33 heavy (non-hydrogen) atoms. The number of nitrogens with one attached hydrogen (secondary N) is 2. The van der Waals surface area contributed by atoms with E-state index >= 15 is 0 Å². The van der Waals surface area contributed by atoms with E-state index in [1.54, 1.807) is 17.9 Å². The summed E-state index contributed by atoms with van der Waals surface area (Å²) in [7, 11) is 1.49. The third-order valence-corrected chi connectivity index (χ3v) is 7.59. The zero-order chi connectivity index (χ0) is 22.9. The minimum atomic E-state index is -4.11. The topological polar surface area (TPSA) is 99.6 Å². The molecular weight excluding hydrogens is 451 g/mol. The Bertz CT molecular complexity index is 1090. The van der Waals surface area contributed by atoms with Crippen LogP contribution >= 0.6 is 0 Å². The Kier molecular flexibility index (Phi) is 8.50. The molecule has 1 aromatic heterocycles. The Hall–Kier alpha value is -1.59. The molecule has 0 atom stereocenters. The van der Waals surface area contributed by atoms with E-state index in [4.69, 9.17) is 0 Å². The van der Waals surface area contributed by atoms with E-state index in [1.165, 1.54) is 21.6 Å². The van der Waals surface area contributed by atoms with Gasteiger partial charge < -0.3 is 11.6 Å². The second-order valence-corrected chi connectivity index (χ2v) is 10.5. The molecule has 0 unspecified atom stereocenters. The summed E-state index contributed by atoms with van der Waals surface area (Å²) in [5.74, 6) is 0. The maximum atomic E-state index is 13.2. The summed E-state index contributed by atoms with van der Waals surface area (Å²) >= 11 is 0. The van der Waals surface area contributed by atoms with Crippen molar-refractivity contribution in [3.05, 3.63) is 40.7 Å². The number of anilines is 2. The second-order valence-electron chi connectivity index (χ2n) is 8.90. The van der Waals surface area contributed by atoms with Crippen LogP contribution in [-0.4, -0.2) is 56.3 Å². The Morgan fingerprint density at radius 1 is 1.12 bits per heavy atom. The van der Waals surface area contributed by atoms with E-state index in [2.05, 4.69) is 21.2 Å². The molecule has 0 bridgehead atoms. The molecule has 2 aromatic rings. The third-order valence-electron chi connectivity index (χ3n) is 6.17. The molecule has 2 aliphatic rings. The molecule has 0 radical (unpaired) electrons. The van der Waals surface area contributed by atoms with Crippen molar-refractivity contribution >= 4 is 27.6 Å². The monoisotopic (exact) mass is 484 g/mol. The number of amides is 2. The van der Waals surface area contributed by atoms with Crippen molar-refractivity contribution in [3.63, 3.8) is 0 Å². The van der Waals surface area contributed by atoms with Crippen LogP contribution in [0.15, 0.2) is 18.5 Å².